The first kappa shape index (κ1) is 9.43. The normalized spacial score (nSPS) is 10.8. The highest BCUT2D eigenvalue weighted by Crippen LogP contribution is 2.23. The van der Waals surface area contributed by atoms with Gasteiger partial charge in [-0.3, -0.25) is 4.40 Å². The summed E-state index contributed by atoms with van der Waals surface area (Å²) in [5.41, 5.74) is 2.07. The van der Waals surface area contributed by atoms with Gasteiger partial charge in [0.15, 0.2) is 0 Å². The lowest BCUT2D eigenvalue weighted by atomic mass is 10.2. The number of imidazole rings is 1. The van der Waals surface area contributed by atoms with E-state index < -0.39 is 0 Å². The van der Waals surface area contributed by atoms with Gasteiger partial charge >= 0.3 is 0 Å². The molecule has 2 heterocycles. The molecule has 0 radical (unpaired) electrons. The Morgan fingerprint density at radius 2 is 1.75 bits per heavy atom. The second-order valence-electron chi connectivity index (χ2n) is 3.56. The van der Waals surface area contributed by atoms with Crippen molar-refractivity contribution in [3.63, 3.8) is 0 Å². The highest BCUT2D eigenvalue weighted by atomic mass is 35.5. The Morgan fingerprint density at radius 1 is 0.938 bits per heavy atom. The van der Waals surface area contributed by atoms with E-state index in [0.29, 0.717) is 5.15 Å². The number of pyridine rings is 1. The average molecular weight is 229 g/mol. The Kier molecular flexibility index (Phi) is 2.15. The van der Waals surface area contributed by atoms with Crippen molar-refractivity contribution in [2.24, 2.45) is 0 Å². The fourth-order valence-electron chi connectivity index (χ4n) is 1.80. The first-order valence-electron chi connectivity index (χ1n) is 5.03. The lowest BCUT2D eigenvalue weighted by molar-refractivity contribution is 1.16. The van der Waals surface area contributed by atoms with E-state index in [1.807, 2.05) is 59.1 Å². The summed E-state index contributed by atoms with van der Waals surface area (Å²) in [6.07, 6.45) is 1.83. The zero-order valence-electron chi connectivity index (χ0n) is 8.47. The first-order chi connectivity index (χ1) is 7.86. The van der Waals surface area contributed by atoms with Gasteiger partial charge in [-0.1, -0.05) is 48.0 Å². The minimum atomic E-state index is 0.675. The molecule has 3 aromatic rings. The van der Waals surface area contributed by atoms with Crippen molar-refractivity contribution in [3.8, 4) is 11.4 Å². The predicted molar refractivity (Wildman–Crippen MR) is 65.6 cm³/mol. The standard InChI is InChI=1S/C13H9ClN2/c14-12-8-4-7-11-9-15-13(16(11)12)10-5-2-1-3-6-10/h1-9H. The molecule has 0 fully saturated rings. The molecule has 2 aromatic heterocycles. The van der Waals surface area contributed by atoms with Gasteiger partial charge in [-0.25, -0.2) is 4.98 Å². The zero-order valence-corrected chi connectivity index (χ0v) is 9.22. The van der Waals surface area contributed by atoms with Gasteiger partial charge in [0.25, 0.3) is 0 Å². The monoisotopic (exact) mass is 228 g/mol. The maximum absolute atomic E-state index is 6.18. The third kappa shape index (κ3) is 1.39. The molecule has 0 aliphatic heterocycles. The molecule has 0 amide bonds. The van der Waals surface area contributed by atoms with Gasteiger partial charge < -0.3 is 0 Å². The molecule has 0 saturated carbocycles. The number of hydrogen-bond donors (Lipinski definition) is 0. The summed E-state index contributed by atoms with van der Waals surface area (Å²) in [7, 11) is 0. The van der Waals surface area contributed by atoms with Gasteiger partial charge in [0.2, 0.25) is 0 Å². The summed E-state index contributed by atoms with van der Waals surface area (Å²) < 4.78 is 1.94. The van der Waals surface area contributed by atoms with E-state index in [9.17, 15) is 0 Å². The molecule has 3 rings (SSSR count). The van der Waals surface area contributed by atoms with Crippen LogP contribution in [0.3, 0.4) is 0 Å². The van der Waals surface area contributed by atoms with Crippen molar-refractivity contribution in [3.05, 3.63) is 59.9 Å². The van der Waals surface area contributed by atoms with Crippen LogP contribution in [0.1, 0.15) is 0 Å². The van der Waals surface area contributed by atoms with Crippen molar-refractivity contribution in [2.75, 3.05) is 0 Å². The van der Waals surface area contributed by atoms with Crippen LogP contribution >= 0.6 is 11.6 Å². The van der Waals surface area contributed by atoms with Crippen LogP contribution in [0.5, 0.6) is 0 Å². The maximum Gasteiger partial charge on any atom is 0.145 e. The molecule has 78 valence electrons. The number of rotatable bonds is 1. The summed E-state index contributed by atoms with van der Waals surface area (Å²) in [4.78, 5) is 4.40. The molecule has 2 nitrogen and oxygen atoms in total. The molecule has 3 heteroatoms. The van der Waals surface area contributed by atoms with Gasteiger partial charge in [0.1, 0.15) is 11.0 Å². The summed E-state index contributed by atoms with van der Waals surface area (Å²) in [6.45, 7) is 0. The third-order valence-corrected chi connectivity index (χ3v) is 2.83. The molecular formula is C13H9ClN2. The number of nitrogens with zero attached hydrogens (tertiary/aromatic N) is 2. The fourth-order valence-corrected chi connectivity index (χ4v) is 2.05. The lowest BCUT2D eigenvalue weighted by Crippen LogP contribution is -1.90. The highest BCUT2D eigenvalue weighted by Gasteiger charge is 2.07. The highest BCUT2D eigenvalue weighted by molar-refractivity contribution is 6.30. The number of benzene rings is 1. The predicted octanol–water partition coefficient (Wildman–Crippen LogP) is 3.65. The minimum absolute atomic E-state index is 0.675. The quantitative estimate of drug-likeness (QED) is 0.581. The van der Waals surface area contributed by atoms with Crippen molar-refractivity contribution in [2.45, 2.75) is 0 Å². The molecule has 0 unspecified atom stereocenters. The molecule has 16 heavy (non-hydrogen) atoms. The van der Waals surface area contributed by atoms with Crippen molar-refractivity contribution in [1.29, 1.82) is 0 Å². The van der Waals surface area contributed by atoms with E-state index in [1.165, 1.54) is 0 Å². The van der Waals surface area contributed by atoms with E-state index in [-0.39, 0.29) is 0 Å². The van der Waals surface area contributed by atoms with Crippen molar-refractivity contribution >= 4 is 17.1 Å². The van der Waals surface area contributed by atoms with Crippen LogP contribution < -0.4 is 0 Å². The Morgan fingerprint density at radius 3 is 2.56 bits per heavy atom. The van der Waals surface area contributed by atoms with Gasteiger partial charge in [0.05, 0.1) is 11.7 Å². The summed E-state index contributed by atoms with van der Waals surface area (Å²) in [6, 6.07) is 15.8. The van der Waals surface area contributed by atoms with E-state index in [2.05, 4.69) is 4.98 Å². The van der Waals surface area contributed by atoms with Crippen LogP contribution in [-0.4, -0.2) is 9.38 Å². The molecule has 0 spiro atoms. The summed E-state index contributed by atoms with van der Waals surface area (Å²) >= 11 is 6.18. The molecule has 0 bridgehead atoms. The van der Waals surface area contributed by atoms with Crippen molar-refractivity contribution < 1.29 is 0 Å². The zero-order chi connectivity index (χ0) is 11.0. The fraction of sp³-hybridized carbons (Fsp3) is 0. The Hall–Kier alpha value is -1.80. The van der Waals surface area contributed by atoms with Crippen LogP contribution in [0.25, 0.3) is 16.9 Å². The van der Waals surface area contributed by atoms with E-state index in [0.717, 1.165) is 16.9 Å². The average Bonchev–Trinajstić information content (AvgIpc) is 2.75. The van der Waals surface area contributed by atoms with Crippen LogP contribution in [0.2, 0.25) is 5.15 Å². The second-order valence-corrected chi connectivity index (χ2v) is 3.94. The van der Waals surface area contributed by atoms with Gasteiger partial charge in [-0.2, -0.15) is 0 Å². The van der Waals surface area contributed by atoms with E-state index in [1.54, 1.807) is 0 Å². The summed E-state index contributed by atoms with van der Waals surface area (Å²) in [5, 5.41) is 0.675. The molecule has 0 aliphatic rings. The molecule has 0 saturated heterocycles. The van der Waals surface area contributed by atoms with E-state index >= 15 is 0 Å². The van der Waals surface area contributed by atoms with Crippen LogP contribution in [0.4, 0.5) is 0 Å². The van der Waals surface area contributed by atoms with Crippen LogP contribution in [0.15, 0.2) is 54.7 Å². The first-order valence-corrected chi connectivity index (χ1v) is 5.41. The largest absolute Gasteiger partial charge is 0.283 e. The van der Waals surface area contributed by atoms with Crippen LogP contribution in [-0.2, 0) is 0 Å². The summed E-state index contributed by atoms with van der Waals surface area (Å²) in [5.74, 6) is 0.876. The molecule has 0 N–H and O–H groups in total. The Bertz CT molecular complexity index is 629. The maximum atomic E-state index is 6.18. The number of halogens is 1. The molecule has 0 aliphatic carbocycles. The van der Waals surface area contributed by atoms with Crippen LogP contribution in [0, 0.1) is 0 Å². The van der Waals surface area contributed by atoms with Gasteiger partial charge in [0, 0.05) is 5.56 Å². The van der Waals surface area contributed by atoms with Crippen molar-refractivity contribution in [1.82, 2.24) is 9.38 Å². The SMILES string of the molecule is Clc1cccc2cnc(-c3ccccc3)n12. The lowest BCUT2D eigenvalue weighted by Gasteiger charge is -2.03. The Labute approximate surface area is 98.1 Å². The van der Waals surface area contributed by atoms with E-state index in [4.69, 9.17) is 11.6 Å². The molecule has 1 aromatic carbocycles. The molecule has 0 atom stereocenters. The topological polar surface area (TPSA) is 17.3 Å². The minimum Gasteiger partial charge on any atom is -0.283 e. The van der Waals surface area contributed by atoms with Gasteiger partial charge in [-0.15, -0.1) is 0 Å². The molecular weight excluding hydrogens is 220 g/mol. The number of aromatic nitrogens is 2. The number of fused-ring (bicyclic) bond motifs is 1. The Balaban J connectivity index is 2.33. The van der Waals surface area contributed by atoms with Gasteiger partial charge in [-0.05, 0) is 12.1 Å². The third-order valence-electron chi connectivity index (χ3n) is 2.54. The smallest absolute Gasteiger partial charge is 0.145 e. The second kappa shape index (κ2) is 3.65. The number of hydrogen-bond acceptors (Lipinski definition) is 1.